The number of rotatable bonds is 3. The summed E-state index contributed by atoms with van der Waals surface area (Å²) >= 11 is 0. The van der Waals surface area contributed by atoms with Gasteiger partial charge < -0.3 is 5.32 Å². The highest BCUT2D eigenvalue weighted by Crippen LogP contribution is 2.11. The van der Waals surface area contributed by atoms with Crippen molar-refractivity contribution in [3.05, 3.63) is 7.05 Å². The van der Waals surface area contributed by atoms with Crippen LogP contribution in [0.3, 0.4) is 0 Å². The van der Waals surface area contributed by atoms with Crippen LogP contribution >= 0.6 is 0 Å². The summed E-state index contributed by atoms with van der Waals surface area (Å²) in [6.07, 6.45) is 4.39. The van der Waals surface area contributed by atoms with Crippen LogP contribution in [0, 0.1) is 7.05 Å². The Kier molecular flexibility index (Phi) is 3.16. The van der Waals surface area contributed by atoms with Crippen LogP contribution in [-0.2, 0) is 0 Å². The topological polar surface area (TPSA) is 15.3 Å². The molecule has 1 saturated heterocycles. The van der Waals surface area contributed by atoms with Gasteiger partial charge in [0.15, 0.2) is 0 Å². The molecule has 0 bridgehead atoms. The van der Waals surface area contributed by atoms with E-state index in [9.17, 15) is 0 Å². The van der Waals surface area contributed by atoms with Crippen molar-refractivity contribution in [2.45, 2.75) is 32.4 Å². The van der Waals surface area contributed by atoms with E-state index >= 15 is 0 Å². The Morgan fingerprint density at radius 2 is 2.10 bits per heavy atom. The zero-order valence-electron chi connectivity index (χ0n) is 6.77. The lowest BCUT2D eigenvalue weighted by Gasteiger charge is -2.25. The number of nitrogens with one attached hydrogen (secondary N) is 1. The maximum absolute atomic E-state index is 3.71. The fraction of sp³-hybridized carbons (Fsp3) is 0.875. The van der Waals surface area contributed by atoms with E-state index in [0.717, 1.165) is 6.42 Å². The second-order valence-corrected chi connectivity index (χ2v) is 2.87. The fourth-order valence-corrected chi connectivity index (χ4v) is 1.58. The molecule has 0 spiro atoms. The van der Waals surface area contributed by atoms with Crippen molar-refractivity contribution < 1.29 is 0 Å². The lowest BCUT2D eigenvalue weighted by Crippen LogP contribution is -2.40. The summed E-state index contributed by atoms with van der Waals surface area (Å²) in [5, 5.41) is 3.07. The molecule has 0 aliphatic carbocycles. The van der Waals surface area contributed by atoms with Crippen molar-refractivity contribution in [3.63, 3.8) is 0 Å². The molecule has 0 aromatic carbocycles. The molecule has 1 fully saturated rings. The molecule has 59 valence electrons. The summed E-state index contributed by atoms with van der Waals surface area (Å²) in [6.45, 7) is 4.70. The van der Waals surface area contributed by atoms with E-state index in [1.165, 1.54) is 25.9 Å². The molecule has 1 heterocycles. The Labute approximate surface area is 63.6 Å². The van der Waals surface area contributed by atoms with Gasteiger partial charge in [0.05, 0.1) is 6.17 Å². The zero-order valence-corrected chi connectivity index (χ0v) is 6.77. The van der Waals surface area contributed by atoms with Crippen molar-refractivity contribution in [1.29, 1.82) is 0 Å². The molecule has 1 N–H and O–H groups in total. The quantitative estimate of drug-likeness (QED) is 0.635. The van der Waals surface area contributed by atoms with E-state index < -0.39 is 0 Å². The molecular formula is C8H17N2. The summed E-state index contributed by atoms with van der Waals surface area (Å²) in [7, 11) is 3.71. The van der Waals surface area contributed by atoms with Crippen molar-refractivity contribution in [1.82, 2.24) is 10.2 Å². The first-order valence-corrected chi connectivity index (χ1v) is 4.15. The number of hydrogen-bond donors (Lipinski definition) is 1. The Bertz CT molecular complexity index is 83.3. The monoisotopic (exact) mass is 141 g/mol. The molecule has 10 heavy (non-hydrogen) atoms. The van der Waals surface area contributed by atoms with Gasteiger partial charge in [0.2, 0.25) is 0 Å². The highest BCUT2D eigenvalue weighted by atomic mass is 15.3. The third-order valence-corrected chi connectivity index (χ3v) is 2.20. The molecule has 0 aromatic heterocycles. The maximum Gasteiger partial charge on any atom is 0.0594 e. The fourth-order valence-electron chi connectivity index (χ4n) is 1.58. The van der Waals surface area contributed by atoms with Gasteiger partial charge >= 0.3 is 0 Å². The molecule has 1 unspecified atom stereocenters. The highest BCUT2D eigenvalue weighted by Gasteiger charge is 2.17. The summed E-state index contributed by atoms with van der Waals surface area (Å²) in [4.78, 5) is 2.47. The molecule has 1 aliphatic heterocycles. The van der Waals surface area contributed by atoms with Crippen LogP contribution in [-0.4, -0.2) is 24.2 Å². The lowest BCUT2D eigenvalue weighted by atomic mass is 10.3. The van der Waals surface area contributed by atoms with Crippen LogP contribution in [0.4, 0.5) is 0 Å². The zero-order chi connectivity index (χ0) is 7.40. The third kappa shape index (κ3) is 1.70. The Morgan fingerprint density at radius 1 is 1.50 bits per heavy atom. The van der Waals surface area contributed by atoms with E-state index in [0.29, 0.717) is 6.17 Å². The Balaban J connectivity index is 2.29. The van der Waals surface area contributed by atoms with Gasteiger partial charge in [-0.15, -0.1) is 0 Å². The van der Waals surface area contributed by atoms with Crippen LogP contribution < -0.4 is 5.32 Å². The number of likely N-dealkylation sites (tertiary alicyclic amines) is 1. The van der Waals surface area contributed by atoms with Crippen LogP contribution in [0.1, 0.15) is 26.2 Å². The van der Waals surface area contributed by atoms with Gasteiger partial charge in [-0.3, -0.25) is 4.90 Å². The average molecular weight is 141 g/mol. The highest BCUT2D eigenvalue weighted by molar-refractivity contribution is 4.72. The van der Waals surface area contributed by atoms with Crippen LogP contribution in [0.5, 0.6) is 0 Å². The smallest absolute Gasteiger partial charge is 0.0594 e. The van der Waals surface area contributed by atoms with Gasteiger partial charge in [-0.2, -0.15) is 0 Å². The van der Waals surface area contributed by atoms with Gasteiger partial charge in [0.1, 0.15) is 0 Å². The number of hydrogen-bond acceptors (Lipinski definition) is 2. The standard InChI is InChI=1S/C8H17N2/c1-3-8(9-2)10-6-4-5-7-10/h8-9H,2-7H2,1H3. The minimum absolute atomic E-state index is 0.516. The summed E-state index contributed by atoms with van der Waals surface area (Å²) in [6, 6.07) is 0. The van der Waals surface area contributed by atoms with E-state index in [-0.39, 0.29) is 0 Å². The molecule has 2 nitrogen and oxygen atoms in total. The van der Waals surface area contributed by atoms with Gasteiger partial charge in [0.25, 0.3) is 0 Å². The molecule has 0 aromatic rings. The predicted molar refractivity (Wildman–Crippen MR) is 43.4 cm³/mol. The molecule has 1 aliphatic rings. The Hall–Kier alpha value is -0.0800. The predicted octanol–water partition coefficient (Wildman–Crippen LogP) is 1.20. The van der Waals surface area contributed by atoms with Crippen LogP contribution in [0.15, 0.2) is 0 Å². The number of nitrogens with zero attached hydrogens (tertiary/aromatic N) is 1. The largest absolute Gasteiger partial charge is 0.300 e. The first-order valence-electron chi connectivity index (χ1n) is 4.15. The maximum atomic E-state index is 3.71. The second kappa shape index (κ2) is 3.94. The molecule has 1 atom stereocenters. The van der Waals surface area contributed by atoms with Gasteiger partial charge in [-0.25, -0.2) is 0 Å². The van der Waals surface area contributed by atoms with Gasteiger partial charge in [-0.1, -0.05) is 6.92 Å². The average Bonchev–Trinajstić information content (AvgIpc) is 2.43. The molecule has 2 heteroatoms. The first-order chi connectivity index (χ1) is 4.88. The van der Waals surface area contributed by atoms with Gasteiger partial charge in [0, 0.05) is 7.05 Å². The van der Waals surface area contributed by atoms with Crippen LogP contribution in [0.2, 0.25) is 0 Å². The lowest BCUT2D eigenvalue weighted by molar-refractivity contribution is 0.214. The van der Waals surface area contributed by atoms with Crippen molar-refractivity contribution >= 4 is 0 Å². The molecule has 0 saturated carbocycles. The van der Waals surface area contributed by atoms with E-state index in [4.69, 9.17) is 0 Å². The van der Waals surface area contributed by atoms with E-state index in [1.807, 2.05) is 0 Å². The van der Waals surface area contributed by atoms with Gasteiger partial charge in [-0.05, 0) is 32.4 Å². The second-order valence-electron chi connectivity index (χ2n) is 2.87. The van der Waals surface area contributed by atoms with Crippen molar-refractivity contribution in [2.24, 2.45) is 0 Å². The third-order valence-electron chi connectivity index (χ3n) is 2.20. The molecular weight excluding hydrogens is 124 g/mol. The SMILES string of the molecule is [CH2]NC(CC)N1CCCC1. The summed E-state index contributed by atoms with van der Waals surface area (Å²) in [5.41, 5.74) is 0. The van der Waals surface area contributed by atoms with E-state index in [1.54, 1.807) is 0 Å². The molecule has 1 radical (unpaired) electrons. The molecule has 1 rings (SSSR count). The summed E-state index contributed by atoms with van der Waals surface area (Å²) in [5.74, 6) is 0. The normalized spacial score (nSPS) is 23.4. The molecule has 0 amide bonds. The van der Waals surface area contributed by atoms with Crippen LogP contribution in [0.25, 0.3) is 0 Å². The minimum Gasteiger partial charge on any atom is -0.300 e. The summed E-state index contributed by atoms with van der Waals surface area (Å²) < 4.78 is 0. The van der Waals surface area contributed by atoms with Crippen molar-refractivity contribution in [2.75, 3.05) is 13.1 Å². The van der Waals surface area contributed by atoms with E-state index in [2.05, 4.69) is 24.2 Å². The first kappa shape index (κ1) is 8.02. The Morgan fingerprint density at radius 3 is 2.50 bits per heavy atom. The van der Waals surface area contributed by atoms with Crippen molar-refractivity contribution in [3.8, 4) is 0 Å². The minimum atomic E-state index is 0.516.